The van der Waals surface area contributed by atoms with E-state index in [-0.39, 0.29) is 0 Å². The van der Waals surface area contributed by atoms with Crippen LogP contribution < -0.4 is 10.8 Å². The summed E-state index contributed by atoms with van der Waals surface area (Å²) in [6.45, 7) is 0. The summed E-state index contributed by atoms with van der Waals surface area (Å²) >= 11 is 0. The van der Waals surface area contributed by atoms with Gasteiger partial charge in [0, 0.05) is 6.07 Å². The van der Waals surface area contributed by atoms with E-state index in [4.69, 9.17) is 10.6 Å². The number of benzene rings is 1. The van der Waals surface area contributed by atoms with Gasteiger partial charge in [-0.3, -0.25) is 4.84 Å². The van der Waals surface area contributed by atoms with Gasteiger partial charge < -0.3 is 5.73 Å². The van der Waals surface area contributed by atoms with Gasteiger partial charge in [-0.25, -0.2) is 4.79 Å². The lowest BCUT2D eigenvalue weighted by molar-refractivity contribution is 0.168. The topological polar surface area (TPSA) is 55.6 Å². The van der Waals surface area contributed by atoms with Gasteiger partial charge in [-0.1, -0.05) is 18.2 Å². The molecule has 0 saturated carbocycles. The Morgan fingerprint density at radius 1 is 1.67 bits per heavy atom. The highest BCUT2D eigenvalue weighted by molar-refractivity contribution is 5.88. The number of primary amides is 1. The molecule has 0 spiro atoms. The number of hydrogen-bond acceptors (Lipinski definition) is 2. The number of rotatable bonds is 2. The van der Waals surface area contributed by atoms with Crippen LogP contribution in [-0.2, 0) is 4.84 Å². The SMILES string of the molecule is CON(C(N)=O)c1[c]cccc1. The van der Waals surface area contributed by atoms with Crippen LogP contribution >= 0.6 is 0 Å². The fourth-order valence-corrected chi connectivity index (χ4v) is 0.817. The lowest BCUT2D eigenvalue weighted by Crippen LogP contribution is -2.34. The predicted molar refractivity (Wildman–Crippen MR) is 44.3 cm³/mol. The first kappa shape index (κ1) is 8.55. The molecule has 4 nitrogen and oxygen atoms in total. The van der Waals surface area contributed by atoms with E-state index in [1.807, 2.05) is 0 Å². The Labute approximate surface area is 70.5 Å². The quantitative estimate of drug-likeness (QED) is 0.663. The van der Waals surface area contributed by atoms with Gasteiger partial charge in [-0.2, -0.15) is 5.06 Å². The number of carbonyl (C=O) groups is 1. The average Bonchev–Trinajstić information content (AvgIpc) is 2.07. The van der Waals surface area contributed by atoms with Gasteiger partial charge in [-0.05, 0) is 6.07 Å². The highest BCUT2D eigenvalue weighted by atomic mass is 16.7. The molecule has 12 heavy (non-hydrogen) atoms. The van der Waals surface area contributed by atoms with Gasteiger partial charge in [-0.15, -0.1) is 0 Å². The lowest BCUT2D eigenvalue weighted by atomic mass is 10.3. The van der Waals surface area contributed by atoms with Crippen molar-refractivity contribution in [1.29, 1.82) is 0 Å². The first-order valence-corrected chi connectivity index (χ1v) is 3.36. The third-order valence-electron chi connectivity index (χ3n) is 1.29. The normalized spacial score (nSPS) is 9.42. The van der Waals surface area contributed by atoms with Crippen molar-refractivity contribution in [3.05, 3.63) is 30.3 Å². The molecular weight excluding hydrogens is 156 g/mol. The van der Waals surface area contributed by atoms with E-state index in [1.54, 1.807) is 24.3 Å². The zero-order valence-electron chi connectivity index (χ0n) is 6.65. The van der Waals surface area contributed by atoms with Crippen LogP contribution in [0.15, 0.2) is 24.3 Å². The molecule has 4 heteroatoms. The molecule has 0 atom stereocenters. The number of hydrogen-bond donors (Lipinski definition) is 1. The lowest BCUT2D eigenvalue weighted by Gasteiger charge is -2.15. The van der Waals surface area contributed by atoms with Gasteiger partial charge in [0.2, 0.25) is 0 Å². The molecule has 0 fully saturated rings. The maximum Gasteiger partial charge on any atom is 0.343 e. The molecule has 0 heterocycles. The Balaban J connectivity index is 2.88. The summed E-state index contributed by atoms with van der Waals surface area (Å²) in [4.78, 5) is 15.5. The van der Waals surface area contributed by atoms with Gasteiger partial charge in [0.15, 0.2) is 0 Å². The molecule has 1 rings (SSSR count). The molecule has 1 aromatic carbocycles. The Bertz CT molecular complexity index is 261. The fraction of sp³-hybridized carbons (Fsp3) is 0.125. The number of urea groups is 1. The standard InChI is InChI=1S/C8H9N2O2/c1-12-10(8(9)11)7-5-3-2-4-6-7/h2-5H,1H3,(H2,9,11). The Hall–Kier alpha value is -1.55. The second-order valence-electron chi connectivity index (χ2n) is 2.06. The summed E-state index contributed by atoms with van der Waals surface area (Å²) in [5, 5.41) is 0.958. The summed E-state index contributed by atoms with van der Waals surface area (Å²) in [6, 6.07) is 9.03. The van der Waals surface area contributed by atoms with Crippen molar-refractivity contribution in [2.45, 2.75) is 0 Å². The summed E-state index contributed by atoms with van der Waals surface area (Å²) in [5.41, 5.74) is 5.51. The van der Waals surface area contributed by atoms with E-state index < -0.39 is 6.03 Å². The number of hydroxylamine groups is 1. The Kier molecular flexibility index (Phi) is 2.66. The second-order valence-corrected chi connectivity index (χ2v) is 2.06. The minimum absolute atomic E-state index is 0.493. The Morgan fingerprint density at radius 2 is 2.42 bits per heavy atom. The minimum atomic E-state index is -0.667. The number of para-hydroxylation sites is 1. The molecule has 0 aliphatic heterocycles. The molecule has 0 aliphatic carbocycles. The number of anilines is 1. The van der Waals surface area contributed by atoms with E-state index in [1.165, 1.54) is 7.11 Å². The van der Waals surface area contributed by atoms with Crippen molar-refractivity contribution >= 4 is 11.7 Å². The van der Waals surface area contributed by atoms with E-state index in [0.717, 1.165) is 5.06 Å². The van der Waals surface area contributed by atoms with Crippen molar-refractivity contribution in [2.75, 3.05) is 12.2 Å². The smallest absolute Gasteiger partial charge is 0.343 e. The van der Waals surface area contributed by atoms with Gasteiger partial charge in [0.1, 0.15) is 0 Å². The van der Waals surface area contributed by atoms with Crippen LogP contribution in [0.1, 0.15) is 0 Å². The van der Waals surface area contributed by atoms with Crippen molar-refractivity contribution in [3.63, 3.8) is 0 Å². The van der Waals surface area contributed by atoms with Crippen LogP contribution in [0, 0.1) is 6.07 Å². The average molecular weight is 165 g/mol. The fourth-order valence-electron chi connectivity index (χ4n) is 0.817. The van der Waals surface area contributed by atoms with Crippen LogP contribution in [0.3, 0.4) is 0 Å². The maximum absolute atomic E-state index is 10.7. The molecule has 2 N–H and O–H groups in total. The molecular formula is C8H9N2O2. The summed E-state index contributed by atoms with van der Waals surface area (Å²) in [7, 11) is 1.37. The summed E-state index contributed by atoms with van der Waals surface area (Å²) in [6.07, 6.45) is 0. The van der Waals surface area contributed by atoms with E-state index in [9.17, 15) is 4.79 Å². The highest BCUT2D eigenvalue weighted by Gasteiger charge is 2.09. The van der Waals surface area contributed by atoms with Crippen LogP contribution in [0.25, 0.3) is 0 Å². The van der Waals surface area contributed by atoms with E-state index in [2.05, 4.69) is 6.07 Å². The summed E-state index contributed by atoms with van der Waals surface area (Å²) < 4.78 is 0. The highest BCUT2D eigenvalue weighted by Crippen LogP contribution is 2.11. The van der Waals surface area contributed by atoms with Crippen LogP contribution in [0.5, 0.6) is 0 Å². The van der Waals surface area contributed by atoms with E-state index in [0.29, 0.717) is 5.69 Å². The number of nitrogens with zero attached hydrogens (tertiary/aromatic N) is 1. The monoisotopic (exact) mass is 165 g/mol. The predicted octanol–water partition coefficient (Wildman–Crippen LogP) is 0.933. The Morgan fingerprint density at radius 3 is 2.83 bits per heavy atom. The van der Waals surface area contributed by atoms with Crippen molar-refractivity contribution in [2.24, 2.45) is 5.73 Å². The van der Waals surface area contributed by atoms with Gasteiger partial charge in [0.05, 0.1) is 12.8 Å². The number of amides is 2. The van der Waals surface area contributed by atoms with Crippen molar-refractivity contribution < 1.29 is 9.63 Å². The molecule has 0 unspecified atom stereocenters. The molecule has 0 aromatic heterocycles. The maximum atomic E-state index is 10.7. The largest absolute Gasteiger partial charge is 0.349 e. The molecule has 0 bridgehead atoms. The third kappa shape index (κ3) is 1.73. The third-order valence-corrected chi connectivity index (χ3v) is 1.29. The van der Waals surface area contributed by atoms with Crippen LogP contribution in [0.2, 0.25) is 0 Å². The molecule has 63 valence electrons. The van der Waals surface area contributed by atoms with Crippen molar-refractivity contribution in [1.82, 2.24) is 0 Å². The zero-order chi connectivity index (χ0) is 8.97. The van der Waals surface area contributed by atoms with E-state index >= 15 is 0 Å². The molecule has 1 aromatic rings. The minimum Gasteiger partial charge on any atom is -0.349 e. The van der Waals surface area contributed by atoms with Crippen LogP contribution in [0.4, 0.5) is 10.5 Å². The number of carbonyl (C=O) groups excluding carboxylic acids is 1. The van der Waals surface area contributed by atoms with Crippen LogP contribution in [-0.4, -0.2) is 13.1 Å². The summed E-state index contributed by atoms with van der Waals surface area (Å²) in [5.74, 6) is 0. The molecule has 0 saturated heterocycles. The molecule has 0 aliphatic rings. The first-order chi connectivity index (χ1) is 5.75. The van der Waals surface area contributed by atoms with Gasteiger partial charge >= 0.3 is 6.03 Å². The molecule has 1 radical (unpaired) electrons. The first-order valence-electron chi connectivity index (χ1n) is 3.36. The zero-order valence-corrected chi connectivity index (χ0v) is 6.65. The van der Waals surface area contributed by atoms with Gasteiger partial charge in [0.25, 0.3) is 0 Å². The number of nitrogens with two attached hydrogens (primary N) is 1. The second kappa shape index (κ2) is 3.73. The van der Waals surface area contributed by atoms with Crippen molar-refractivity contribution in [3.8, 4) is 0 Å². The molecule has 2 amide bonds.